The Morgan fingerprint density at radius 3 is 2.71 bits per heavy atom. The molecule has 0 saturated heterocycles. The molecule has 0 saturated carbocycles. The SMILES string of the molecule is CCc1nccc(-c2nccn2-c2ccc(OC)nc2)n1. The number of rotatable bonds is 4. The quantitative estimate of drug-likeness (QED) is 0.734. The van der Waals surface area contributed by atoms with Gasteiger partial charge in [-0.25, -0.2) is 19.9 Å². The minimum atomic E-state index is 0.579. The van der Waals surface area contributed by atoms with Gasteiger partial charge in [0.2, 0.25) is 5.88 Å². The van der Waals surface area contributed by atoms with Gasteiger partial charge < -0.3 is 4.74 Å². The molecule has 0 N–H and O–H groups in total. The molecule has 0 aliphatic carbocycles. The summed E-state index contributed by atoms with van der Waals surface area (Å²) in [7, 11) is 1.60. The molecule has 3 aromatic rings. The Labute approximate surface area is 122 Å². The molecule has 0 fully saturated rings. The second-order valence-corrected chi connectivity index (χ2v) is 4.39. The topological polar surface area (TPSA) is 65.7 Å². The van der Waals surface area contributed by atoms with Crippen molar-refractivity contribution in [3.05, 3.63) is 48.8 Å². The molecular weight excluding hydrogens is 266 g/mol. The van der Waals surface area contributed by atoms with Crippen molar-refractivity contribution < 1.29 is 4.74 Å². The van der Waals surface area contributed by atoms with E-state index in [1.54, 1.807) is 25.7 Å². The van der Waals surface area contributed by atoms with Crippen LogP contribution in [0.5, 0.6) is 5.88 Å². The molecular formula is C15H15N5O. The monoisotopic (exact) mass is 281 g/mol. The van der Waals surface area contributed by atoms with Gasteiger partial charge in [0.15, 0.2) is 5.82 Å². The number of hydrogen-bond donors (Lipinski definition) is 0. The van der Waals surface area contributed by atoms with E-state index in [9.17, 15) is 0 Å². The second-order valence-electron chi connectivity index (χ2n) is 4.39. The molecule has 0 atom stereocenters. The molecule has 3 aromatic heterocycles. The van der Waals surface area contributed by atoms with Crippen LogP contribution in [-0.4, -0.2) is 31.6 Å². The Balaban J connectivity index is 2.03. The summed E-state index contributed by atoms with van der Waals surface area (Å²) in [5.74, 6) is 2.14. The summed E-state index contributed by atoms with van der Waals surface area (Å²) in [5.41, 5.74) is 1.70. The molecule has 0 amide bonds. The minimum absolute atomic E-state index is 0.579. The van der Waals surface area contributed by atoms with E-state index >= 15 is 0 Å². The van der Waals surface area contributed by atoms with Crippen LogP contribution in [0.3, 0.4) is 0 Å². The van der Waals surface area contributed by atoms with Crippen molar-refractivity contribution in [2.75, 3.05) is 7.11 Å². The highest BCUT2D eigenvalue weighted by Gasteiger charge is 2.10. The zero-order valence-electron chi connectivity index (χ0n) is 11.9. The molecule has 0 aromatic carbocycles. The van der Waals surface area contributed by atoms with Crippen LogP contribution in [0.25, 0.3) is 17.2 Å². The van der Waals surface area contributed by atoms with Gasteiger partial charge in [0, 0.05) is 31.1 Å². The third-order valence-electron chi connectivity index (χ3n) is 3.10. The highest BCUT2D eigenvalue weighted by molar-refractivity contribution is 5.53. The standard InChI is InChI=1S/C15H15N5O/c1-3-13-16-7-6-12(19-13)15-17-8-9-20(15)11-4-5-14(21-2)18-10-11/h4-10H,3H2,1-2H3. The van der Waals surface area contributed by atoms with Crippen LogP contribution in [0.2, 0.25) is 0 Å². The lowest BCUT2D eigenvalue weighted by Gasteiger charge is -2.08. The van der Waals surface area contributed by atoms with Crippen LogP contribution in [0.4, 0.5) is 0 Å². The molecule has 3 heterocycles. The first-order chi connectivity index (χ1) is 10.3. The predicted molar refractivity (Wildman–Crippen MR) is 78.3 cm³/mol. The predicted octanol–water partition coefficient (Wildman–Crippen LogP) is 2.30. The lowest BCUT2D eigenvalue weighted by atomic mass is 10.3. The fourth-order valence-electron chi connectivity index (χ4n) is 2.03. The molecule has 0 spiro atoms. The van der Waals surface area contributed by atoms with Crippen LogP contribution >= 0.6 is 0 Å². The fourth-order valence-corrected chi connectivity index (χ4v) is 2.03. The van der Waals surface area contributed by atoms with Crippen molar-refractivity contribution in [2.24, 2.45) is 0 Å². The maximum atomic E-state index is 5.08. The van der Waals surface area contributed by atoms with Crippen LogP contribution in [0, 0.1) is 0 Å². The summed E-state index contributed by atoms with van der Waals surface area (Å²) in [6.45, 7) is 2.03. The van der Waals surface area contributed by atoms with Gasteiger partial charge in [-0.1, -0.05) is 6.92 Å². The van der Waals surface area contributed by atoms with Gasteiger partial charge in [-0.2, -0.15) is 0 Å². The Hall–Kier alpha value is -2.76. The number of aryl methyl sites for hydroxylation is 1. The number of ether oxygens (including phenoxy) is 1. The maximum absolute atomic E-state index is 5.08. The fraction of sp³-hybridized carbons (Fsp3) is 0.200. The van der Waals surface area contributed by atoms with Crippen molar-refractivity contribution in [3.8, 4) is 23.1 Å². The molecule has 0 radical (unpaired) electrons. The van der Waals surface area contributed by atoms with Gasteiger partial charge >= 0.3 is 0 Å². The molecule has 0 bridgehead atoms. The van der Waals surface area contributed by atoms with Crippen molar-refractivity contribution >= 4 is 0 Å². The average Bonchev–Trinajstić information content (AvgIpc) is 3.04. The van der Waals surface area contributed by atoms with Gasteiger partial charge in [-0.15, -0.1) is 0 Å². The number of methoxy groups -OCH3 is 1. The van der Waals surface area contributed by atoms with Gasteiger partial charge in [0.25, 0.3) is 0 Å². The Morgan fingerprint density at radius 1 is 1.10 bits per heavy atom. The maximum Gasteiger partial charge on any atom is 0.213 e. The molecule has 3 rings (SSSR count). The van der Waals surface area contributed by atoms with Crippen molar-refractivity contribution in [1.82, 2.24) is 24.5 Å². The van der Waals surface area contributed by atoms with Crippen LogP contribution in [0.15, 0.2) is 43.0 Å². The van der Waals surface area contributed by atoms with Crippen molar-refractivity contribution in [2.45, 2.75) is 13.3 Å². The summed E-state index contributed by atoms with van der Waals surface area (Å²) >= 11 is 0. The number of aromatic nitrogens is 5. The second kappa shape index (κ2) is 5.70. The average molecular weight is 281 g/mol. The lowest BCUT2D eigenvalue weighted by Crippen LogP contribution is -2.01. The van der Waals surface area contributed by atoms with E-state index in [0.717, 1.165) is 29.5 Å². The molecule has 106 valence electrons. The first kappa shape index (κ1) is 13.2. The lowest BCUT2D eigenvalue weighted by molar-refractivity contribution is 0.398. The zero-order valence-corrected chi connectivity index (χ0v) is 11.9. The van der Waals surface area contributed by atoms with Crippen LogP contribution in [0.1, 0.15) is 12.7 Å². The largest absolute Gasteiger partial charge is 0.481 e. The van der Waals surface area contributed by atoms with Gasteiger partial charge in [-0.05, 0) is 12.1 Å². The molecule has 0 aliphatic rings. The summed E-state index contributed by atoms with van der Waals surface area (Å²) < 4.78 is 7.01. The molecule has 21 heavy (non-hydrogen) atoms. The third kappa shape index (κ3) is 2.60. The van der Waals surface area contributed by atoms with Crippen LogP contribution in [-0.2, 0) is 6.42 Å². The summed E-state index contributed by atoms with van der Waals surface area (Å²) in [6.07, 6.45) is 7.91. The van der Waals surface area contributed by atoms with Gasteiger partial charge in [-0.3, -0.25) is 4.57 Å². The Morgan fingerprint density at radius 2 is 2.00 bits per heavy atom. The summed E-state index contributed by atoms with van der Waals surface area (Å²) in [4.78, 5) is 17.3. The zero-order chi connectivity index (χ0) is 14.7. The van der Waals surface area contributed by atoms with E-state index in [4.69, 9.17) is 4.74 Å². The van der Waals surface area contributed by atoms with Crippen molar-refractivity contribution in [3.63, 3.8) is 0 Å². The minimum Gasteiger partial charge on any atom is -0.481 e. The smallest absolute Gasteiger partial charge is 0.213 e. The Kier molecular flexibility index (Phi) is 3.59. The van der Waals surface area contributed by atoms with Crippen LogP contribution < -0.4 is 4.74 Å². The number of pyridine rings is 1. The summed E-state index contributed by atoms with van der Waals surface area (Å²) in [6, 6.07) is 5.60. The molecule has 0 aliphatic heterocycles. The van der Waals surface area contributed by atoms with E-state index in [1.165, 1.54) is 0 Å². The third-order valence-corrected chi connectivity index (χ3v) is 3.10. The van der Waals surface area contributed by atoms with Gasteiger partial charge in [0.05, 0.1) is 19.0 Å². The molecule has 6 heteroatoms. The van der Waals surface area contributed by atoms with Gasteiger partial charge in [0.1, 0.15) is 11.5 Å². The highest BCUT2D eigenvalue weighted by Crippen LogP contribution is 2.20. The normalized spacial score (nSPS) is 10.6. The first-order valence-corrected chi connectivity index (χ1v) is 6.68. The molecule has 0 unspecified atom stereocenters. The van der Waals surface area contributed by atoms with E-state index in [2.05, 4.69) is 19.9 Å². The first-order valence-electron chi connectivity index (χ1n) is 6.68. The van der Waals surface area contributed by atoms with E-state index in [1.807, 2.05) is 35.9 Å². The number of hydrogen-bond acceptors (Lipinski definition) is 5. The number of imidazole rings is 1. The molecule has 6 nitrogen and oxygen atoms in total. The van der Waals surface area contributed by atoms with E-state index < -0.39 is 0 Å². The summed E-state index contributed by atoms with van der Waals surface area (Å²) in [5, 5.41) is 0. The Bertz CT molecular complexity index is 736. The highest BCUT2D eigenvalue weighted by atomic mass is 16.5. The van der Waals surface area contributed by atoms with E-state index in [-0.39, 0.29) is 0 Å². The van der Waals surface area contributed by atoms with Crippen molar-refractivity contribution in [1.29, 1.82) is 0 Å². The number of nitrogens with zero attached hydrogens (tertiary/aromatic N) is 5. The van der Waals surface area contributed by atoms with E-state index in [0.29, 0.717) is 5.88 Å².